The average molecular weight is 376 g/mol. The van der Waals surface area contributed by atoms with Crippen LogP contribution < -0.4 is 5.32 Å². The average Bonchev–Trinajstić information content (AvgIpc) is 3.48. The third-order valence-corrected chi connectivity index (χ3v) is 5.57. The summed E-state index contributed by atoms with van der Waals surface area (Å²) in [6, 6.07) is 8.43. The fourth-order valence-electron chi connectivity index (χ4n) is 3.80. The van der Waals surface area contributed by atoms with Crippen molar-refractivity contribution >= 4 is 22.6 Å². The van der Waals surface area contributed by atoms with Crippen LogP contribution in [0.5, 0.6) is 0 Å². The number of nitrogens with zero attached hydrogens (tertiary/aromatic N) is 2. The number of nitrogens with one attached hydrogen (secondary N) is 2. The highest BCUT2D eigenvalue weighted by molar-refractivity contribution is 6.01. The van der Waals surface area contributed by atoms with E-state index < -0.39 is 0 Å². The number of pyridine rings is 1. The Bertz CT molecular complexity index is 1010. The minimum absolute atomic E-state index is 0.0706. The molecule has 1 aliphatic heterocycles. The Hall–Kier alpha value is -2.86. The summed E-state index contributed by atoms with van der Waals surface area (Å²) in [5.41, 5.74) is 6.09. The second kappa shape index (κ2) is 6.95. The van der Waals surface area contributed by atoms with Crippen molar-refractivity contribution in [3.63, 3.8) is 0 Å². The van der Waals surface area contributed by atoms with Crippen molar-refractivity contribution in [3.8, 4) is 11.1 Å². The van der Waals surface area contributed by atoms with E-state index in [1.54, 1.807) is 0 Å². The number of H-pyrrole nitrogens is 1. The Kier molecular flexibility index (Phi) is 4.28. The van der Waals surface area contributed by atoms with Crippen molar-refractivity contribution in [2.45, 2.75) is 25.8 Å². The van der Waals surface area contributed by atoms with Crippen LogP contribution >= 0.6 is 0 Å². The molecule has 2 aromatic heterocycles. The molecule has 5 rings (SSSR count). The third kappa shape index (κ3) is 3.14. The molecule has 0 spiro atoms. The van der Waals surface area contributed by atoms with Crippen molar-refractivity contribution in [3.05, 3.63) is 47.8 Å². The Labute approximate surface area is 163 Å². The molecule has 0 unspecified atom stereocenters. The first-order valence-electron chi connectivity index (χ1n) is 9.91. The highest BCUT2D eigenvalue weighted by Gasteiger charge is 2.25. The summed E-state index contributed by atoms with van der Waals surface area (Å²) in [6.07, 6.45) is 6.34. The van der Waals surface area contributed by atoms with E-state index in [1.807, 2.05) is 41.6 Å². The van der Waals surface area contributed by atoms with Crippen molar-refractivity contribution in [1.29, 1.82) is 0 Å². The summed E-state index contributed by atoms with van der Waals surface area (Å²) >= 11 is 0. The standard InChI is InChI=1S/C22H24N4O2/c1-14-12-23-21-19(14)20(25-17-6-7-17)18(13-24-21)15-2-4-16(5-3-15)22(27)26-8-10-28-11-9-26/h2-5,12-13,17H,6-11H2,1H3,(H2,23,24,25). The van der Waals surface area contributed by atoms with Crippen LogP contribution in [-0.2, 0) is 4.74 Å². The summed E-state index contributed by atoms with van der Waals surface area (Å²) in [5, 5.41) is 4.84. The monoisotopic (exact) mass is 376 g/mol. The van der Waals surface area contributed by atoms with Crippen molar-refractivity contribution in [1.82, 2.24) is 14.9 Å². The smallest absolute Gasteiger partial charge is 0.254 e. The summed E-state index contributed by atoms with van der Waals surface area (Å²) in [4.78, 5) is 22.4. The number of anilines is 1. The molecule has 1 aromatic carbocycles. The number of hydrogen-bond donors (Lipinski definition) is 2. The predicted octanol–water partition coefficient (Wildman–Crippen LogP) is 3.59. The van der Waals surface area contributed by atoms with Crippen LogP contribution in [-0.4, -0.2) is 53.1 Å². The number of carbonyl (C=O) groups is 1. The van der Waals surface area contributed by atoms with Gasteiger partial charge in [0, 0.05) is 48.0 Å². The molecule has 0 atom stereocenters. The summed E-state index contributed by atoms with van der Waals surface area (Å²) in [5.74, 6) is 0.0706. The van der Waals surface area contributed by atoms with Crippen LogP contribution in [0.3, 0.4) is 0 Å². The lowest BCUT2D eigenvalue weighted by atomic mass is 10.0. The van der Waals surface area contributed by atoms with Crippen LogP contribution in [0.15, 0.2) is 36.7 Å². The quantitative estimate of drug-likeness (QED) is 0.730. The molecule has 2 N–H and O–H groups in total. The number of morpholine rings is 1. The first kappa shape index (κ1) is 17.3. The Morgan fingerprint density at radius 3 is 2.68 bits per heavy atom. The van der Waals surface area contributed by atoms with E-state index in [-0.39, 0.29) is 5.91 Å². The molecule has 1 saturated heterocycles. The number of rotatable bonds is 4. The second-order valence-electron chi connectivity index (χ2n) is 7.64. The Morgan fingerprint density at radius 1 is 1.21 bits per heavy atom. The summed E-state index contributed by atoms with van der Waals surface area (Å²) in [6.45, 7) is 4.64. The SMILES string of the molecule is Cc1c[nH]c2ncc(-c3ccc(C(=O)N4CCOCC4)cc3)c(NC3CC3)c12. The van der Waals surface area contributed by atoms with Crippen LogP contribution in [0.1, 0.15) is 28.8 Å². The van der Waals surface area contributed by atoms with Crippen molar-refractivity contribution in [2.75, 3.05) is 31.6 Å². The van der Waals surface area contributed by atoms with E-state index in [4.69, 9.17) is 4.74 Å². The number of aryl methyl sites for hydroxylation is 1. The number of aromatic amines is 1. The number of hydrogen-bond acceptors (Lipinski definition) is 4. The van der Waals surface area contributed by atoms with Crippen LogP contribution in [0.2, 0.25) is 0 Å². The maximum atomic E-state index is 12.7. The number of carbonyl (C=O) groups excluding carboxylic acids is 1. The zero-order chi connectivity index (χ0) is 19.1. The van der Waals surface area contributed by atoms with Gasteiger partial charge in [-0.15, -0.1) is 0 Å². The van der Waals surface area contributed by atoms with Gasteiger partial charge in [0.2, 0.25) is 0 Å². The van der Waals surface area contributed by atoms with Crippen LogP contribution in [0.4, 0.5) is 5.69 Å². The van der Waals surface area contributed by atoms with Crippen LogP contribution in [0, 0.1) is 6.92 Å². The molecule has 28 heavy (non-hydrogen) atoms. The lowest BCUT2D eigenvalue weighted by Gasteiger charge is -2.26. The maximum absolute atomic E-state index is 12.7. The molecule has 1 amide bonds. The second-order valence-corrected chi connectivity index (χ2v) is 7.64. The molecule has 1 saturated carbocycles. The van der Waals surface area contributed by atoms with Crippen molar-refractivity contribution in [2.24, 2.45) is 0 Å². The van der Waals surface area contributed by atoms with Gasteiger partial charge in [-0.2, -0.15) is 0 Å². The van der Waals surface area contributed by atoms with E-state index in [0.29, 0.717) is 37.9 Å². The first-order valence-corrected chi connectivity index (χ1v) is 9.91. The summed E-state index contributed by atoms with van der Waals surface area (Å²) < 4.78 is 5.34. The van der Waals surface area contributed by atoms with E-state index in [0.717, 1.165) is 27.8 Å². The number of aromatic nitrogens is 2. The predicted molar refractivity (Wildman–Crippen MR) is 110 cm³/mol. The zero-order valence-electron chi connectivity index (χ0n) is 16.0. The molecule has 3 heterocycles. The normalized spacial score (nSPS) is 17.1. The third-order valence-electron chi connectivity index (χ3n) is 5.57. The van der Waals surface area contributed by atoms with Gasteiger partial charge in [-0.05, 0) is 43.0 Å². The molecular formula is C22H24N4O2. The first-order chi connectivity index (χ1) is 13.7. The minimum atomic E-state index is 0.0706. The van der Waals surface area contributed by atoms with Gasteiger partial charge < -0.3 is 19.9 Å². The fraction of sp³-hybridized carbons (Fsp3) is 0.364. The topological polar surface area (TPSA) is 70.2 Å². The molecule has 0 bridgehead atoms. The van der Waals surface area contributed by atoms with Gasteiger partial charge in [0.05, 0.1) is 18.9 Å². The van der Waals surface area contributed by atoms with Gasteiger partial charge in [0.15, 0.2) is 0 Å². The van der Waals surface area contributed by atoms with E-state index >= 15 is 0 Å². The molecule has 3 aromatic rings. The molecule has 144 valence electrons. The molecule has 0 radical (unpaired) electrons. The van der Waals surface area contributed by atoms with E-state index in [1.165, 1.54) is 18.4 Å². The molecule has 6 nitrogen and oxygen atoms in total. The van der Waals surface area contributed by atoms with Gasteiger partial charge in [-0.25, -0.2) is 4.98 Å². The Morgan fingerprint density at radius 2 is 1.96 bits per heavy atom. The van der Waals surface area contributed by atoms with Crippen molar-refractivity contribution < 1.29 is 9.53 Å². The molecule has 6 heteroatoms. The van der Waals surface area contributed by atoms with E-state index in [9.17, 15) is 4.79 Å². The largest absolute Gasteiger partial charge is 0.381 e. The maximum Gasteiger partial charge on any atom is 0.254 e. The fourth-order valence-corrected chi connectivity index (χ4v) is 3.80. The van der Waals surface area contributed by atoms with Gasteiger partial charge in [-0.1, -0.05) is 12.1 Å². The zero-order valence-corrected chi connectivity index (χ0v) is 16.0. The van der Waals surface area contributed by atoms with Crippen LogP contribution in [0.25, 0.3) is 22.2 Å². The molecule has 2 aliphatic rings. The Balaban J connectivity index is 1.49. The molecule has 2 fully saturated rings. The minimum Gasteiger partial charge on any atom is -0.381 e. The number of amides is 1. The number of fused-ring (bicyclic) bond motifs is 1. The van der Waals surface area contributed by atoms with Gasteiger partial charge in [-0.3, -0.25) is 4.79 Å². The molecular weight excluding hydrogens is 352 g/mol. The van der Waals surface area contributed by atoms with Gasteiger partial charge >= 0.3 is 0 Å². The van der Waals surface area contributed by atoms with Gasteiger partial charge in [0.25, 0.3) is 5.91 Å². The lowest BCUT2D eigenvalue weighted by molar-refractivity contribution is 0.0303. The number of benzene rings is 1. The van der Waals surface area contributed by atoms with E-state index in [2.05, 4.69) is 22.2 Å². The summed E-state index contributed by atoms with van der Waals surface area (Å²) in [7, 11) is 0. The highest BCUT2D eigenvalue weighted by atomic mass is 16.5. The lowest BCUT2D eigenvalue weighted by Crippen LogP contribution is -2.40. The molecule has 1 aliphatic carbocycles. The number of ether oxygens (including phenoxy) is 1. The highest BCUT2D eigenvalue weighted by Crippen LogP contribution is 2.38. The van der Waals surface area contributed by atoms with Gasteiger partial charge in [0.1, 0.15) is 5.65 Å².